The minimum atomic E-state index is -0.456. The zero-order valence-corrected chi connectivity index (χ0v) is 24.4. The van der Waals surface area contributed by atoms with Crippen molar-refractivity contribution in [3.05, 3.63) is 12.7 Å². The Bertz CT molecular complexity index is 500. The van der Waals surface area contributed by atoms with Crippen LogP contribution in [0.4, 0.5) is 0 Å². The normalized spacial score (nSPS) is 11.2. The first-order chi connectivity index (χ1) is 19.3. The number of carbonyl (C=O) groups excluding carboxylic acids is 1. The van der Waals surface area contributed by atoms with Crippen molar-refractivity contribution in [1.29, 1.82) is 0 Å². The molecule has 0 atom stereocenters. The molecule has 0 saturated carbocycles. The van der Waals surface area contributed by atoms with Crippen LogP contribution >= 0.6 is 11.6 Å². The molecule has 0 N–H and O–H groups in total. The van der Waals surface area contributed by atoms with Gasteiger partial charge in [-0.3, -0.25) is 0 Å². The molecular formula is C27H51ClO11. The molecule has 0 bridgehead atoms. The third-order valence-corrected chi connectivity index (χ3v) is 5.05. The standard InChI is InChI=1S/C27H51ClO11/c1-2-27(29)39-26-25-38-24-23-37-22-21-36-20-19-35-18-17-34-16-15-33-14-13-32-12-11-31-10-9-30-8-6-4-3-5-7-28/h2H,1,3-26H2. The number of ether oxygens (including phenoxy) is 10. The first kappa shape index (κ1) is 38.1. The van der Waals surface area contributed by atoms with Crippen molar-refractivity contribution in [2.45, 2.75) is 25.7 Å². The molecule has 39 heavy (non-hydrogen) atoms. The van der Waals surface area contributed by atoms with Gasteiger partial charge in [0.2, 0.25) is 0 Å². The third kappa shape index (κ3) is 35.1. The number of unbranched alkanes of at least 4 members (excludes halogenated alkanes) is 3. The van der Waals surface area contributed by atoms with Gasteiger partial charge in [0.05, 0.1) is 112 Å². The Morgan fingerprint density at radius 1 is 0.436 bits per heavy atom. The van der Waals surface area contributed by atoms with Gasteiger partial charge in [0.15, 0.2) is 0 Å². The Hall–Kier alpha value is -0.860. The molecular weight excluding hydrogens is 536 g/mol. The van der Waals surface area contributed by atoms with E-state index in [0.29, 0.717) is 112 Å². The van der Waals surface area contributed by atoms with Gasteiger partial charge in [-0.15, -0.1) is 11.6 Å². The molecule has 0 spiro atoms. The van der Waals surface area contributed by atoms with Gasteiger partial charge in [0, 0.05) is 18.6 Å². The molecule has 0 rings (SSSR count). The number of esters is 1. The van der Waals surface area contributed by atoms with Crippen LogP contribution < -0.4 is 0 Å². The van der Waals surface area contributed by atoms with Gasteiger partial charge >= 0.3 is 5.97 Å². The molecule has 0 aliphatic heterocycles. The molecule has 0 unspecified atom stereocenters. The Balaban J connectivity index is 3.04. The molecule has 0 aromatic heterocycles. The van der Waals surface area contributed by atoms with Crippen LogP contribution in [0.15, 0.2) is 12.7 Å². The second-order valence-corrected chi connectivity index (χ2v) is 8.36. The van der Waals surface area contributed by atoms with Crippen LogP contribution in [0.2, 0.25) is 0 Å². The second kappa shape index (κ2) is 35.2. The van der Waals surface area contributed by atoms with Crippen LogP contribution in [0, 0.1) is 0 Å². The lowest BCUT2D eigenvalue weighted by molar-refractivity contribution is -0.139. The maximum atomic E-state index is 10.8. The summed E-state index contributed by atoms with van der Waals surface area (Å²) in [5.74, 6) is 0.285. The number of hydrogen-bond acceptors (Lipinski definition) is 11. The average molecular weight is 587 g/mol. The molecule has 0 aromatic carbocycles. The van der Waals surface area contributed by atoms with E-state index in [1.165, 1.54) is 12.8 Å². The van der Waals surface area contributed by atoms with Gasteiger partial charge in [-0.05, 0) is 12.8 Å². The molecule has 0 fully saturated rings. The fourth-order valence-electron chi connectivity index (χ4n) is 2.77. The van der Waals surface area contributed by atoms with Gasteiger partial charge in [0.25, 0.3) is 0 Å². The summed E-state index contributed by atoms with van der Waals surface area (Å²) in [4.78, 5) is 10.8. The van der Waals surface area contributed by atoms with Gasteiger partial charge in [-0.2, -0.15) is 0 Å². The van der Waals surface area contributed by atoms with Gasteiger partial charge in [-0.25, -0.2) is 4.79 Å². The van der Waals surface area contributed by atoms with E-state index >= 15 is 0 Å². The van der Waals surface area contributed by atoms with Crippen molar-refractivity contribution in [1.82, 2.24) is 0 Å². The zero-order chi connectivity index (χ0) is 28.3. The summed E-state index contributed by atoms with van der Waals surface area (Å²) in [5.41, 5.74) is 0. The minimum Gasteiger partial charge on any atom is -0.460 e. The number of carbonyl (C=O) groups is 1. The highest BCUT2D eigenvalue weighted by atomic mass is 35.5. The van der Waals surface area contributed by atoms with Crippen LogP contribution in [-0.2, 0) is 52.2 Å². The third-order valence-electron chi connectivity index (χ3n) is 4.79. The highest BCUT2D eigenvalue weighted by Gasteiger charge is 1.97. The van der Waals surface area contributed by atoms with Gasteiger partial charge < -0.3 is 47.4 Å². The minimum absolute atomic E-state index is 0.202. The summed E-state index contributed by atoms with van der Waals surface area (Å²) < 4.78 is 53.6. The fraction of sp³-hybridized carbons (Fsp3) is 0.889. The van der Waals surface area contributed by atoms with Crippen LogP contribution in [0.5, 0.6) is 0 Å². The van der Waals surface area contributed by atoms with Crippen molar-refractivity contribution in [3.63, 3.8) is 0 Å². The second-order valence-electron chi connectivity index (χ2n) is 7.99. The number of rotatable bonds is 34. The van der Waals surface area contributed by atoms with E-state index in [-0.39, 0.29) is 6.61 Å². The van der Waals surface area contributed by atoms with Crippen LogP contribution in [0.25, 0.3) is 0 Å². The Morgan fingerprint density at radius 2 is 0.718 bits per heavy atom. The maximum Gasteiger partial charge on any atom is 0.330 e. The van der Waals surface area contributed by atoms with E-state index in [2.05, 4.69) is 6.58 Å². The quantitative estimate of drug-likeness (QED) is 0.0480. The van der Waals surface area contributed by atoms with E-state index < -0.39 is 5.97 Å². The first-order valence-corrected chi connectivity index (χ1v) is 14.4. The molecule has 12 heteroatoms. The fourth-order valence-corrected chi connectivity index (χ4v) is 2.96. The van der Waals surface area contributed by atoms with Crippen LogP contribution in [-0.4, -0.2) is 137 Å². The summed E-state index contributed by atoms with van der Waals surface area (Å²) in [7, 11) is 0. The summed E-state index contributed by atoms with van der Waals surface area (Å²) in [5, 5.41) is 0. The molecule has 11 nitrogen and oxygen atoms in total. The number of halogens is 1. The predicted octanol–water partition coefficient (Wildman–Crippen LogP) is 2.66. The molecule has 0 amide bonds. The lowest BCUT2D eigenvalue weighted by Crippen LogP contribution is -2.15. The Labute approximate surface area is 239 Å². The molecule has 0 aliphatic rings. The van der Waals surface area contributed by atoms with Crippen molar-refractivity contribution in [2.75, 3.05) is 131 Å². The highest BCUT2D eigenvalue weighted by Crippen LogP contribution is 2.01. The SMILES string of the molecule is C=CC(=O)OCCOCCOCCOCCOCCOCCOCCOCCOCCOCCCCCCCl. The van der Waals surface area contributed by atoms with E-state index in [4.69, 9.17) is 59.0 Å². The van der Waals surface area contributed by atoms with Crippen LogP contribution in [0.1, 0.15) is 25.7 Å². The first-order valence-electron chi connectivity index (χ1n) is 13.9. The molecule has 0 aromatic rings. The van der Waals surface area contributed by atoms with E-state index in [9.17, 15) is 4.79 Å². The monoisotopic (exact) mass is 586 g/mol. The van der Waals surface area contributed by atoms with E-state index in [0.717, 1.165) is 31.4 Å². The molecule has 0 saturated heterocycles. The molecule has 0 aliphatic carbocycles. The number of hydrogen-bond donors (Lipinski definition) is 0. The smallest absolute Gasteiger partial charge is 0.330 e. The van der Waals surface area contributed by atoms with Crippen LogP contribution in [0.3, 0.4) is 0 Å². The van der Waals surface area contributed by atoms with Gasteiger partial charge in [-0.1, -0.05) is 19.4 Å². The van der Waals surface area contributed by atoms with Gasteiger partial charge in [0.1, 0.15) is 6.61 Å². The molecule has 0 radical (unpaired) electrons. The topological polar surface area (TPSA) is 109 Å². The number of alkyl halides is 1. The highest BCUT2D eigenvalue weighted by molar-refractivity contribution is 6.17. The molecule has 0 heterocycles. The summed E-state index contributed by atoms with van der Waals surface area (Å²) in [6, 6.07) is 0. The zero-order valence-electron chi connectivity index (χ0n) is 23.6. The lowest BCUT2D eigenvalue weighted by Gasteiger charge is -2.09. The average Bonchev–Trinajstić information content (AvgIpc) is 2.95. The maximum absolute atomic E-state index is 10.8. The van der Waals surface area contributed by atoms with E-state index in [1.54, 1.807) is 0 Å². The van der Waals surface area contributed by atoms with Crippen molar-refractivity contribution < 1.29 is 52.2 Å². The summed E-state index contributed by atoms with van der Waals surface area (Å²) >= 11 is 5.64. The predicted molar refractivity (Wildman–Crippen MR) is 148 cm³/mol. The van der Waals surface area contributed by atoms with Crippen molar-refractivity contribution in [2.24, 2.45) is 0 Å². The Kier molecular flexibility index (Phi) is 34.4. The van der Waals surface area contributed by atoms with E-state index in [1.807, 2.05) is 0 Å². The summed E-state index contributed by atoms with van der Waals surface area (Å²) in [6.45, 7) is 12.8. The van der Waals surface area contributed by atoms with Crippen molar-refractivity contribution in [3.8, 4) is 0 Å². The Morgan fingerprint density at radius 3 is 1.03 bits per heavy atom. The summed E-state index contributed by atoms with van der Waals surface area (Å²) in [6.07, 6.45) is 5.61. The largest absolute Gasteiger partial charge is 0.460 e. The lowest BCUT2D eigenvalue weighted by atomic mass is 10.2. The van der Waals surface area contributed by atoms with Crippen molar-refractivity contribution >= 4 is 17.6 Å². The molecule has 232 valence electrons.